The van der Waals surface area contributed by atoms with Gasteiger partial charge in [-0.25, -0.2) is 4.68 Å². The second kappa shape index (κ2) is 7.12. The van der Waals surface area contributed by atoms with Crippen molar-refractivity contribution in [3.05, 3.63) is 53.2 Å². The minimum Gasteiger partial charge on any atom is -0.425 e. The first-order valence-corrected chi connectivity index (χ1v) is 9.93. The molecule has 8 heteroatoms. The van der Waals surface area contributed by atoms with E-state index in [0.717, 1.165) is 11.1 Å². The third-order valence-corrected chi connectivity index (χ3v) is 4.95. The van der Waals surface area contributed by atoms with E-state index < -0.39 is 0 Å². The smallest absolute Gasteiger partial charge is 0.306 e. The van der Waals surface area contributed by atoms with Gasteiger partial charge in [-0.15, -0.1) is 0 Å². The van der Waals surface area contributed by atoms with E-state index in [1.807, 2.05) is 55.2 Å². The Bertz CT molecular complexity index is 1260. The van der Waals surface area contributed by atoms with Crippen LogP contribution in [-0.4, -0.2) is 29.1 Å². The van der Waals surface area contributed by atoms with Gasteiger partial charge in [0.15, 0.2) is 5.65 Å². The number of ether oxygens (including phenoxy) is 1. The molecule has 4 aromatic rings. The maximum absolute atomic E-state index is 12.7. The number of benzene rings is 1. The van der Waals surface area contributed by atoms with Crippen molar-refractivity contribution < 1.29 is 4.74 Å². The first kappa shape index (κ1) is 19.9. The molecule has 30 heavy (non-hydrogen) atoms. The van der Waals surface area contributed by atoms with E-state index in [9.17, 15) is 4.79 Å². The van der Waals surface area contributed by atoms with E-state index in [1.54, 1.807) is 17.9 Å². The highest BCUT2D eigenvalue weighted by Crippen LogP contribution is 2.26. The van der Waals surface area contributed by atoms with Crippen LogP contribution in [0.1, 0.15) is 40.7 Å². The Labute approximate surface area is 174 Å². The number of rotatable bonds is 4. The Morgan fingerprint density at radius 3 is 2.30 bits per heavy atom. The van der Waals surface area contributed by atoms with E-state index in [4.69, 9.17) is 4.74 Å². The highest BCUT2D eigenvalue weighted by atomic mass is 16.5. The summed E-state index contributed by atoms with van der Waals surface area (Å²) in [6.45, 7) is 10.3. The van der Waals surface area contributed by atoms with Crippen molar-refractivity contribution in [3.63, 3.8) is 0 Å². The first-order chi connectivity index (χ1) is 14.1. The molecule has 0 radical (unpaired) electrons. The molecule has 0 spiro atoms. The average Bonchev–Trinajstić information content (AvgIpc) is 3.34. The molecule has 0 unspecified atom stereocenters. The van der Waals surface area contributed by atoms with Gasteiger partial charge in [0, 0.05) is 24.8 Å². The monoisotopic (exact) mass is 406 g/mol. The fourth-order valence-corrected chi connectivity index (χ4v) is 3.18. The fraction of sp³-hybridized carbons (Fsp3) is 0.364. The van der Waals surface area contributed by atoms with Crippen molar-refractivity contribution in [2.24, 2.45) is 7.05 Å². The summed E-state index contributed by atoms with van der Waals surface area (Å²) in [5, 5.41) is 9.21. The molecular weight excluding hydrogens is 380 g/mol. The van der Waals surface area contributed by atoms with Gasteiger partial charge in [0.05, 0.1) is 17.9 Å². The quantitative estimate of drug-likeness (QED) is 0.509. The number of aromatic nitrogens is 6. The maximum Gasteiger partial charge on any atom is 0.306 e. The van der Waals surface area contributed by atoms with Crippen molar-refractivity contribution in [1.29, 1.82) is 0 Å². The molecule has 156 valence electrons. The predicted molar refractivity (Wildman–Crippen MR) is 116 cm³/mol. The van der Waals surface area contributed by atoms with Crippen LogP contribution in [0.25, 0.3) is 22.2 Å². The van der Waals surface area contributed by atoms with E-state index >= 15 is 0 Å². The van der Waals surface area contributed by atoms with Crippen molar-refractivity contribution in [1.82, 2.24) is 29.1 Å². The van der Waals surface area contributed by atoms with Crippen molar-refractivity contribution in [2.45, 2.75) is 46.2 Å². The molecule has 1 aromatic carbocycles. The molecule has 3 heterocycles. The number of hydrogen-bond donors (Lipinski definition) is 0. The summed E-state index contributed by atoms with van der Waals surface area (Å²) in [6, 6.07) is 7.97. The molecule has 0 saturated heterocycles. The third kappa shape index (κ3) is 3.49. The average molecular weight is 406 g/mol. The standard InChI is InChI=1S/C22H26N6O2/c1-14(2)28-19-18(12-24-28)20(29)26(6)21(25-19)30-17-9-7-15(8-10-17)16-11-23-27(13-16)22(3,4)5/h7-14H,1-6H3. The summed E-state index contributed by atoms with van der Waals surface area (Å²) in [4.78, 5) is 17.2. The van der Waals surface area contributed by atoms with Gasteiger partial charge in [-0.1, -0.05) is 12.1 Å². The molecule has 0 amide bonds. The van der Waals surface area contributed by atoms with Gasteiger partial charge in [-0.3, -0.25) is 14.0 Å². The lowest BCUT2D eigenvalue weighted by molar-refractivity contribution is 0.355. The molecule has 0 aliphatic heterocycles. The summed E-state index contributed by atoms with van der Waals surface area (Å²) < 4.78 is 11.0. The Morgan fingerprint density at radius 2 is 1.70 bits per heavy atom. The molecule has 3 aromatic heterocycles. The Balaban J connectivity index is 1.64. The van der Waals surface area contributed by atoms with Crippen LogP contribution in [0.2, 0.25) is 0 Å². The van der Waals surface area contributed by atoms with Gasteiger partial charge in [-0.2, -0.15) is 15.2 Å². The van der Waals surface area contributed by atoms with Gasteiger partial charge < -0.3 is 4.74 Å². The highest BCUT2D eigenvalue weighted by molar-refractivity contribution is 5.73. The lowest BCUT2D eigenvalue weighted by Crippen LogP contribution is -2.21. The van der Waals surface area contributed by atoms with Crippen molar-refractivity contribution in [3.8, 4) is 22.9 Å². The molecule has 0 saturated carbocycles. The molecule has 8 nitrogen and oxygen atoms in total. The Morgan fingerprint density at radius 1 is 1.00 bits per heavy atom. The van der Waals surface area contributed by atoms with E-state index in [0.29, 0.717) is 16.8 Å². The van der Waals surface area contributed by atoms with Crippen LogP contribution in [0.4, 0.5) is 0 Å². The van der Waals surface area contributed by atoms with Crippen LogP contribution in [-0.2, 0) is 12.6 Å². The van der Waals surface area contributed by atoms with Gasteiger partial charge in [0.2, 0.25) is 0 Å². The number of nitrogens with zero attached hydrogens (tertiary/aromatic N) is 6. The van der Waals surface area contributed by atoms with Gasteiger partial charge in [-0.05, 0) is 52.3 Å². The summed E-state index contributed by atoms with van der Waals surface area (Å²) in [5.41, 5.74) is 2.33. The van der Waals surface area contributed by atoms with Gasteiger partial charge in [0.1, 0.15) is 11.1 Å². The van der Waals surface area contributed by atoms with E-state index in [2.05, 4.69) is 36.0 Å². The van der Waals surface area contributed by atoms with Gasteiger partial charge in [0.25, 0.3) is 5.56 Å². The first-order valence-electron chi connectivity index (χ1n) is 9.93. The molecule has 0 aliphatic rings. The maximum atomic E-state index is 12.7. The summed E-state index contributed by atoms with van der Waals surface area (Å²) >= 11 is 0. The summed E-state index contributed by atoms with van der Waals surface area (Å²) in [5.74, 6) is 0.597. The Kier molecular flexibility index (Phi) is 4.72. The fourth-order valence-electron chi connectivity index (χ4n) is 3.18. The second-order valence-electron chi connectivity index (χ2n) is 8.65. The van der Waals surface area contributed by atoms with Crippen molar-refractivity contribution in [2.75, 3.05) is 0 Å². The molecule has 0 fully saturated rings. The zero-order valence-electron chi connectivity index (χ0n) is 18.1. The molecule has 0 bridgehead atoms. The van der Waals surface area contributed by atoms with Crippen LogP contribution in [0.15, 0.2) is 47.7 Å². The zero-order chi connectivity index (χ0) is 21.6. The largest absolute Gasteiger partial charge is 0.425 e. The lowest BCUT2D eigenvalue weighted by Gasteiger charge is -2.18. The molecular formula is C22H26N6O2. The van der Waals surface area contributed by atoms with Gasteiger partial charge >= 0.3 is 6.01 Å². The topological polar surface area (TPSA) is 79.8 Å². The zero-order valence-corrected chi connectivity index (χ0v) is 18.1. The highest BCUT2D eigenvalue weighted by Gasteiger charge is 2.17. The molecule has 0 N–H and O–H groups in total. The number of hydrogen-bond acceptors (Lipinski definition) is 5. The van der Waals surface area contributed by atoms with Crippen molar-refractivity contribution >= 4 is 11.0 Å². The summed E-state index contributed by atoms with van der Waals surface area (Å²) in [7, 11) is 1.64. The van der Waals surface area contributed by atoms with E-state index in [1.165, 1.54) is 4.57 Å². The van der Waals surface area contributed by atoms with Crippen LogP contribution < -0.4 is 10.3 Å². The SMILES string of the molecule is CC(C)n1ncc2c(=O)n(C)c(Oc3ccc(-c4cnn(C(C)(C)C)c4)cc3)nc21. The molecule has 0 aliphatic carbocycles. The lowest BCUT2D eigenvalue weighted by atomic mass is 10.1. The minimum absolute atomic E-state index is 0.0705. The van der Waals surface area contributed by atoms with E-state index in [-0.39, 0.29) is 23.2 Å². The Hall–Kier alpha value is -3.42. The second-order valence-corrected chi connectivity index (χ2v) is 8.65. The molecule has 0 atom stereocenters. The van der Waals surface area contributed by atoms with Crippen LogP contribution in [0.5, 0.6) is 11.8 Å². The van der Waals surface area contributed by atoms with Crippen LogP contribution in [0.3, 0.4) is 0 Å². The predicted octanol–water partition coefficient (Wildman–Crippen LogP) is 4.12. The normalized spacial score (nSPS) is 12.1. The summed E-state index contributed by atoms with van der Waals surface area (Å²) in [6.07, 6.45) is 5.44. The minimum atomic E-state index is -0.187. The molecule has 4 rings (SSSR count). The third-order valence-electron chi connectivity index (χ3n) is 4.95. The number of fused-ring (bicyclic) bond motifs is 1. The van der Waals surface area contributed by atoms with Crippen LogP contribution in [0, 0.1) is 0 Å². The van der Waals surface area contributed by atoms with Crippen LogP contribution >= 0.6 is 0 Å².